The van der Waals surface area contributed by atoms with Crippen molar-refractivity contribution in [1.82, 2.24) is 10.4 Å². The van der Waals surface area contributed by atoms with Gasteiger partial charge in [-0.3, -0.25) is 13.9 Å². The summed E-state index contributed by atoms with van der Waals surface area (Å²) < 4.78 is 24.2. The Morgan fingerprint density at radius 2 is 1.29 bits per heavy atom. The molecule has 0 saturated carbocycles. The Morgan fingerprint density at radius 3 is 1.84 bits per heavy atom. The summed E-state index contributed by atoms with van der Waals surface area (Å²) in [6, 6.07) is 0. The molecule has 0 rings (SSSR count). The number of carbonyl (C=O) groups is 1. The van der Waals surface area contributed by atoms with Crippen LogP contribution < -0.4 is 5.32 Å². The highest BCUT2D eigenvalue weighted by molar-refractivity contribution is 8.24. The maximum atomic E-state index is 11.4. The fourth-order valence-corrected chi connectivity index (χ4v) is 3.97. The summed E-state index contributed by atoms with van der Waals surface area (Å²) in [5.41, 5.74) is 0. The number of nitrogens with one attached hydrogen (secondary N) is 1. The first-order valence-electron chi connectivity index (χ1n) is 12.3. The highest BCUT2D eigenvalue weighted by Crippen LogP contribution is 2.31. The smallest absolute Gasteiger partial charge is 0.239 e. The van der Waals surface area contributed by atoms with E-state index in [1.54, 1.807) is 0 Å². The number of nitrogens with zero attached hydrogens (tertiary/aromatic N) is 1. The van der Waals surface area contributed by atoms with E-state index < -0.39 is 10.6 Å². The predicted octanol–water partition coefficient (Wildman–Crippen LogP) is 5.67. The van der Waals surface area contributed by atoms with Gasteiger partial charge in [-0.15, -0.1) is 0 Å². The lowest BCUT2D eigenvalue weighted by Gasteiger charge is -2.25. The molecule has 0 unspecified atom stereocenters. The van der Waals surface area contributed by atoms with Crippen LogP contribution in [0.4, 0.5) is 0 Å². The van der Waals surface area contributed by atoms with Gasteiger partial charge in [0.05, 0.1) is 0 Å². The number of carbonyl (C=O) groups excluding carboxylic acids is 1. The number of ether oxygens (including phenoxy) is 1. The van der Waals surface area contributed by atoms with Crippen LogP contribution in [0.1, 0.15) is 96.8 Å². The summed E-state index contributed by atoms with van der Waals surface area (Å²) >= 11 is 0. The fraction of sp³-hybridized carbons (Fsp3) is 0.957. The highest BCUT2D eigenvalue weighted by Gasteiger charge is 2.11. The zero-order valence-electron chi connectivity index (χ0n) is 20.2. The van der Waals surface area contributed by atoms with E-state index in [-0.39, 0.29) is 11.7 Å². The van der Waals surface area contributed by atoms with Gasteiger partial charge in [-0.1, -0.05) is 71.1 Å². The topological polar surface area (TPSA) is 102 Å². The molecule has 0 aliphatic rings. The van der Waals surface area contributed by atoms with Crippen molar-refractivity contribution in [3.05, 3.63) is 0 Å². The molecule has 8 heteroatoms. The lowest BCUT2D eigenvalue weighted by Crippen LogP contribution is -2.31. The summed E-state index contributed by atoms with van der Waals surface area (Å²) in [6.45, 7) is 5.61. The van der Waals surface area contributed by atoms with Crippen LogP contribution in [0.15, 0.2) is 0 Å². The van der Waals surface area contributed by atoms with Gasteiger partial charge in [0.2, 0.25) is 5.91 Å². The molecule has 0 saturated heterocycles. The summed E-state index contributed by atoms with van der Waals surface area (Å²) in [7, 11) is -2.79. The zero-order chi connectivity index (χ0) is 23.2. The van der Waals surface area contributed by atoms with Crippen LogP contribution in [0.2, 0.25) is 0 Å². The molecular weight excluding hydrogens is 416 g/mol. The first-order chi connectivity index (χ1) is 14.8. The van der Waals surface area contributed by atoms with Crippen molar-refractivity contribution < 1.29 is 23.8 Å². The average Bonchev–Trinajstić information content (AvgIpc) is 2.69. The SMILES string of the molecule is CCCCCCCCCOCCCCCCCCN(O)CCCNC(=O)CS(C)(O)O. The standard InChI is InChI=1S/C23H50N2O5S/c1-3-4-5-6-8-11-14-20-30-21-15-12-9-7-10-13-18-25(27)19-16-17-24-23(26)22-31(2,28)29/h27-29H,3-22H2,1-2H3,(H,24,26). The number of unbranched alkanes of at least 4 members (excludes halogenated alkanes) is 11. The van der Waals surface area contributed by atoms with E-state index in [0.29, 0.717) is 26.1 Å². The molecule has 0 spiro atoms. The van der Waals surface area contributed by atoms with Crippen molar-refractivity contribution >= 4 is 16.5 Å². The van der Waals surface area contributed by atoms with E-state index in [2.05, 4.69) is 12.2 Å². The molecule has 1 amide bonds. The number of rotatable bonds is 23. The summed E-state index contributed by atoms with van der Waals surface area (Å²) in [6.07, 6.45) is 18.0. The summed E-state index contributed by atoms with van der Waals surface area (Å²) in [5.74, 6) is -0.628. The van der Waals surface area contributed by atoms with E-state index in [0.717, 1.165) is 32.5 Å². The van der Waals surface area contributed by atoms with Gasteiger partial charge in [-0.05, 0) is 25.7 Å². The quantitative estimate of drug-likeness (QED) is 0.114. The molecule has 0 radical (unpaired) electrons. The average molecular weight is 467 g/mol. The zero-order valence-corrected chi connectivity index (χ0v) is 21.0. The second kappa shape index (κ2) is 21.5. The Hall–Kier alpha value is -0.380. The lowest BCUT2D eigenvalue weighted by molar-refractivity contribution is -0.119. The van der Waals surface area contributed by atoms with Gasteiger partial charge >= 0.3 is 0 Å². The molecule has 0 aromatic carbocycles. The number of hydrogen-bond donors (Lipinski definition) is 4. The van der Waals surface area contributed by atoms with E-state index in [1.165, 1.54) is 75.5 Å². The summed E-state index contributed by atoms with van der Waals surface area (Å²) in [5, 5.41) is 13.8. The lowest BCUT2D eigenvalue weighted by atomic mass is 10.1. The Morgan fingerprint density at radius 1 is 0.806 bits per heavy atom. The third-order valence-electron chi connectivity index (χ3n) is 5.17. The monoisotopic (exact) mass is 466 g/mol. The molecule has 0 aromatic rings. The van der Waals surface area contributed by atoms with E-state index in [4.69, 9.17) is 4.74 Å². The van der Waals surface area contributed by atoms with Crippen LogP contribution in [-0.4, -0.2) is 70.1 Å². The van der Waals surface area contributed by atoms with E-state index in [1.807, 2.05) is 0 Å². The molecule has 0 aliphatic heterocycles. The second-order valence-corrected chi connectivity index (χ2v) is 10.9. The number of amides is 1. The molecule has 4 N–H and O–H groups in total. The van der Waals surface area contributed by atoms with Gasteiger partial charge in [0.25, 0.3) is 0 Å². The van der Waals surface area contributed by atoms with Gasteiger partial charge in [0.15, 0.2) is 0 Å². The minimum absolute atomic E-state index is 0.263. The fourth-order valence-electron chi connectivity index (χ4n) is 3.37. The Bertz CT molecular complexity index is 408. The minimum atomic E-state index is -2.79. The molecule has 0 fully saturated rings. The van der Waals surface area contributed by atoms with Crippen molar-refractivity contribution in [3.8, 4) is 0 Å². The third kappa shape index (κ3) is 25.8. The van der Waals surface area contributed by atoms with Crippen molar-refractivity contribution in [2.75, 3.05) is 44.9 Å². The van der Waals surface area contributed by atoms with Crippen LogP contribution in [0, 0.1) is 0 Å². The van der Waals surface area contributed by atoms with Crippen molar-refractivity contribution in [1.29, 1.82) is 0 Å². The number of hydroxylamine groups is 2. The Balaban J connectivity index is 3.25. The molecule has 0 atom stereocenters. The molecular formula is C23H50N2O5S. The molecule has 0 aliphatic carbocycles. The maximum absolute atomic E-state index is 11.4. The van der Waals surface area contributed by atoms with E-state index in [9.17, 15) is 19.1 Å². The predicted molar refractivity (Wildman–Crippen MR) is 131 cm³/mol. The van der Waals surface area contributed by atoms with Gasteiger partial charge in [-0.25, -0.2) is 0 Å². The van der Waals surface area contributed by atoms with Gasteiger partial charge in [0, 0.05) is 39.1 Å². The first kappa shape index (κ1) is 30.6. The third-order valence-corrected chi connectivity index (χ3v) is 5.98. The summed E-state index contributed by atoms with van der Waals surface area (Å²) in [4.78, 5) is 11.4. The van der Waals surface area contributed by atoms with Crippen molar-refractivity contribution in [2.45, 2.75) is 96.8 Å². The van der Waals surface area contributed by atoms with Gasteiger partial charge in [-0.2, -0.15) is 15.7 Å². The molecule has 0 aromatic heterocycles. The largest absolute Gasteiger partial charge is 0.381 e. The van der Waals surface area contributed by atoms with Crippen LogP contribution in [0.25, 0.3) is 0 Å². The molecule has 31 heavy (non-hydrogen) atoms. The minimum Gasteiger partial charge on any atom is -0.381 e. The van der Waals surface area contributed by atoms with Crippen LogP contribution >= 0.6 is 10.6 Å². The molecule has 7 nitrogen and oxygen atoms in total. The number of hydrogen-bond acceptors (Lipinski definition) is 6. The first-order valence-corrected chi connectivity index (χ1v) is 14.5. The Labute approximate surface area is 192 Å². The normalized spacial score (nSPS) is 12.5. The van der Waals surface area contributed by atoms with Crippen molar-refractivity contribution in [3.63, 3.8) is 0 Å². The molecule has 0 heterocycles. The van der Waals surface area contributed by atoms with Gasteiger partial charge < -0.3 is 15.3 Å². The Kier molecular flexibility index (Phi) is 21.2. The van der Waals surface area contributed by atoms with Crippen molar-refractivity contribution in [2.24, 2.45) is 0 Å². The second-order valence-electron chi connectivity index (χ2n) is 8.65. The van der Waals surface area contributed by atoms with Crippen LogP contribution in [-0.2, 0) is 9.53 Å². The van der Waals surface area contributed by atoms with Crippen LogP contribution in [0.3, 0.4) is 0 Å². The highest BCUT2D eigenvalue weighted by atomic mass is 32.3. The molecule has 0 bridgehead atoms. The molecule has 188 valence electrons. The maximum Gasteiger partial charge on any atom is 0.239 e. The van der Waals surface area contributed by atoms with Gasteiger partial charge in [0.1, 0.15) is 5.75 Å². The van der Waals surface area contributed by atoms with Crippen LogP contribution in [0.5, 0.6) is 0 Å². The van der Waals surface area contributed by atoms with E-state index >= 15 is 0 Å².